The Labute approximate surface area is 205 Å². The molecule has 1 N–H and O–H groups in total. The van der Waals surface area contributed by atoms with Gasteiger partial charge in [-0.05, 0) is 47.4 Å². The van der Waals surface area contributed by atoms with Crippen LogP contribution in [0.25, 0.3) is 0 Å². The molecule has 6 nitrogen and oxygen atoms in total. The molecule has 3 aromatic rings. The largest absolute Gasteiger partial charge is 0.502 e. The van der Waals surface area contributed by atoms with Crippen LogP contribution in [0.15, 0.2) is 70.5 Å². The van der Waals surface area contributed by atoms with Gasteiger partial charge in [-0.2, -0.15) is 0 Å². The first-order chi connectivity index (χ1) is 16.9. The summed E-state index contributed by atoms with van der Waals surface area (Å²) in [6.45, 7) is 0.689. The maximum Gasteiger partial charge on any atom is 0.277 e. The van der Waals surface area contributed by atoms with Crippen LogP contribution in [-0.2, 0) is 5.75 Å². The predicted molar refractivity (Wildman–Crippen MR) is 131 cm³/mol. The van der Waals surface area contributed by atoms with Crippen LogP contribution < -0.4 is 10.4 Å². The maximum atomic E-state index is 14.3. The average Bonchev–Trinajstić information content (AvgIpc) is 2.98. The smallest absolute Gasteiger partial charge is 0.277 e. The summed E-state index contributed by atoms with van der Waals surface area (Å²) in [4.78, 5) is 28.8. The fraction of sp³-hybridized carbons (Fsp3) is 0.333. The second kappa shape index (κ2) is 7.13. The normalized spacial score (nSPS) is 28.3. The molecule has 0 spiro atoms. The lowest BCUT2D eigenvalue weighted by Gasteiger charge is -2.67. The van der Waals surface area contributed by atoms with E-state index in [4.69, 9.17) is 0 Å². The molecule has 178 valence electrons. The molecular weight excluding hydrogens is 465 g/mol. The van der Waals surface area contributed by atoms with Crippen molar-refractivity contribution in [1.29, 1.82) is 0 Å². The van der Waals surface area contributed by atoms with E-state index in [0.717, 1.165) is 21.8 Å². The molecule has 8 heteroatoms. The van der Waals surface area contributed by atoms with E-state index in [-0.39, 0.29) is 23.8 Å². The number of hydrogen-bond donors (Lipinski definition) is 1. The number of amides is 1. The van der Waals surface area contributed by atoms with Crippen molar-refractivity contribution in [3.63, 3.8) is 0 Å². The Morgan fingerprint density at radius 3 is 2.49 bits per heavy atom. The molecule has 0 saturated heterocycles. The van der Waals surface area contributed by atoms with E-state index in [0.29, 0.717) is 25.8 Å². The summed E-state index contributed by atoms with van der Waals surface area (Å²) in [5, 5.41) is 12.8. The number of pyridine rings is 1. The summed E-state index contributed by atoms with van der Waals surface area (Å²) >= 11 is 1.78. The van der Waals surface area contributed by atoms with Gasteiger partial charge in [0.2, 0.25) is 5.43 Å². The van der Waals surface area contributed by atoms with Gasteiger partial charge in [0.05, 0.1) is 6.04 Å². The van der Waals surface area contributed by atoms with Crippen molar-refractivity contribution in [3.05, 3.63) is 93.4 Å². The van der Waals surface area contributed by atoms with Gasteiger partial charge < -0.3 is 10.0 Å². The van der Waals surface area contributed by atoms with Crippen LogP contribution in [-0.4, -0.2) is 39.5 Å². The highest BCUT2D eigenvalue weighted by molar-refractivity contribution is 7.98. The maximum absolute atomic E-state index is 14.3. The molecule has 3 saturated carbocycles. The van der Waals surface area contributed by atoms with E-state index >= 15 is 0 Å². The molecule has 3 aliphatic carbocycles. The Bertz CT molecular complexity index is 1390. The molecule has 0 unspecified atom stereocenters. The molecular formula is C27H24FN3O3S. The fourth-order valence-electron chi connectivity index (χ4n) is 6.56. The number of thioether (sulfide) groups is 1. The van der Waals surface area contributed by atoms with Crippen molar-refractivity contribution in [3.8, 4) is 5.75 Å². The third kappa shape index (κ3) is 3.02. The Hall–Kier alpha value is -3.26. The van der Waals surface area contributed by atoms with Crippen LogP contribution in [0.2, 0.25) is 0 Å². The second-order valence-electron chi connectivity index (χ2n) is 10.4. The first-order valence-corrected chi connectivity index (χ1v) is 12.8. The number of aromatic hydroxyl groups is 1. The van der Waals surface area contributed by atoms with Gasteiger partial charge in [0.25, 0.3) is 5.91 Å². The van der Waals surface area contributed by atoms with Crippen LogP contribution in [0, 0.1) is 5.41 Å². The third-order valence-electron chi connectivity index (χ3n) is 7.98. The monoisotopic (exact) mass is 489 g/mol. The molecule has 3 heterocycles. The van der Waals surface area contributed by atoms with E-state index in [1.807, 2.05) is 24.3 Å². The molecule has 8 rings (SSSR count). The molecule has 2 aliphatic heterocycles. The van der Waals surface area contributed by atoms with Crippen molar-refractivity contribution in [1.82, 2.24) is 9.58 Å². The molecule has 2 bridgehead atoms. The number of nitrogens with zero attached hydrogens (tertiary/aromatic N) is 3. The lowest BCUT2D eigenvalue weighted by Crippen LogP contribution is -2.69. The van der Waals surface area contributed by atoms with Gasteiger partial charge >= 0.3 is 0 Å². The topological polar surface area (TPSA) is 65.8 Å². The minimum absolute atomic E-state index is 0.0304. The molecule has 1 amide bonds. The van der Waals surface area contributed by atoms with Crippen LogP contribution >= 0.6 is 11.8 Å². The molecule has 3 fully saturated rings. The van der Waals surface area contributed by atoms with Crippen LogP contribution in [0.4, 0.5) is 4.39 Å². The van der Waals surface area contributed by atoms with Gasteiger partial charge in [-0.3, -0.25) is 19.3 Å². The summed E-state index contributed by atoms with van der Waals surface area (Å²) in [5.74, 6) is -0.112. The number of rotatable bonds is 3. The van der Waals surface area contributed by atoms with Gasteiger partial charge in [-0.25, -0.2) is 4.39 Å². The fourth-order valence-corrected chi connectivity index (χ4v) is 7.66. The zero-order valence-corrected chi connectivity index (χ0v) is 19.8. The molecule has 35 heavy (non-hydrogen) atoms. The number of carbonyl (C=O) groups is 1. The van der Waals surface area contributed by atoms with E-state index < -0.39 is 22.8 Å². The lowest BCUT2D eigenvalue weighted by atomic mass is 9.42. The van der Waals surface area contributed by atoms with E-state index in [2.05, 4.69) is 29.3 Å². The number of hydrogen-bond acceptors (Lipinski definition) is 5. The third-order valence-corrected chi connectivity index (χ3v) is 9.12. The van der Waals surface area contributed by atoms with Gasteiger partial charge in [0, 0.05) is 29.5 Å². The number of aromatic nitrogens is 1. The van der Waals surface area contributed by atoms with Crippen molar-refractivity contribution in [2.45, 2.75) is 41.6 Å². The first-order valence-electron chi connectivity index (χ1n) is 11.9. The van der Waals surface area contributed by atoms with Crippen molar-refractivity contribution in [2.24, 2.45) is 5.41 Å². The summed E-state index contributed by atoms with van der Waals surface area (Å²) in [5.41, 5.74) is 1.55. The van der Waals surface area contributed by atoms with Crippen LogP contribution in [0.1, 0.15) is 52.5 Å². The number of benzene rings is 2. The summed E-state index contributed by atoms with van der Waals surface area (Å²) in [7, 11) is 0. The van der Waals surface area contributed by atoms with E-state index in [9.17, 15) is 19.1 Å². The Kier molecular flexibility index (Phi) is 4.29. The summed E-state index contributed by atoms with van der Waals surface area (Å²) in [6.07, 6.45) is 3.00. The highest BCUT2D eigenvalue weighted by atomic mass is 32.2. The first kappa shape index (κ1) is 21.1. The zero-order chi connectivity index (χ0) is 23.9. The lowest BCUT2D eigenvalue weighted by molar-refractivity contribution is -0.218. The minimum Gasteiger partial charge on any atom is -0.502 e. The van der Waals surface area contributed by atoms with Crippen molar-refractivity contribution in [2.75, 3.05) is 18.2 Å². The van der Waals surface area contributed by atoms with E-state index in [1.54, 1.807) is 27.5 Å². The molecule has 1 aromatic heterocycles. The molecule has 0 radical (unpaired) electrons. The highest BCUT2D eigenvalue weighted by Gasteiger charge is 2.69. The standard InChI is InChI=1S/C27H24FN3O3S/c28-27-12-26(13-27,14-27)15-29-16-31(30-10-9-20(32)24(33)23(30)25(29)34)22-18-6-2-1-5-17(18)11-35-21-8-4-3-7-19(21)22/h1-10,22,33H,11-16H2/t22-,26?,27?/m0/s1. The molecule has 5 aliphatic rings. The SMILES string of the molecule is O=C1c2c(O)c(=O)ccn2N([C@H]2c3ccccc3CSc3ccccc32)CN1CC12CC(F)(C1)C2. The predicted octanol–water partition coefficient (Wildman–Crippen LogP) is 4.19. The highest BCUT2D eigenvalue weighted by Crippen LogP contribution is 2.69. The molecule has 2 aromatic carbocycles. The van der Waals surface area contributed by atoms with Crippen molar-refractivity contribution >= 4 is 17.7 Å². The van der Waals surface area contributed by atoms with Gasteiger partial charge in [-0.15, -0.1) is 11.8 Å². The van der Waals surface area contributed by atoms with Gasteiger partial charge in [-0.1, -0.05) is 42.5 Å². The Morgan fingerprint density at radius 2 is 1.71 bits per heavy atom. The second-order valence-corrected chi connectivity index (χ2v) is 11.4. The van der Waals surface area contributed by atoms with Gasteiger partial charge in [0.1, 0.15) is 12.3 Å². The average molecular weight is 490 g/mol. The Balaban J connectivity index is 1.40. The summed E-state index contributed by atoms with van der Waals surface area (Å²) < 4.78 is 15.9. The van der Waals surface area contributed by atoms with Crippen molar-refractivity contribution < 1.29 is 14.3 Å². The number of halogens is 1. The molecule has 1 atom stereocenters. The number of alkyl halides is 1. The Morgan fingerprint density at radius 1 is 1.00 bits per heavy atom. The van der Waals surface area contributed by atoms with E-state index in [1.165, 1.54) is 11.6 Å². The van der Waals surface area contributed by atoms with Gasteiger partial charge in [0.15, 0.2) is 11.4 Å². The number of fused-ring (bicyclic) bond motifs is 3. The minimum atomic E-state index is -1.06. The van der Waals surface area contributed by atoms with Crippen LogP contribution in [0.3, 0.4) is 0 Å². The van der Waals surface area contributed by atoms with Crippen LogP contribution in [0.5, 0.6) is 5.75 Å². The quantitative estimate of drug-likeness (QED) is 0.598. The zero-order valence-electron chi connectivity index (χ0n) is 19.0. The summed E-state index contributed by atoms with van der Waals surface area (Å²) in [6, 6.07) is 17.6. The number of carbonyl (C=O) groups excluding carboxylic acids is 1.